The van der Waals surface area contributed by atoms with Crippen molar-refractivity contribution >= 4 is 28.4 Å². The molecule has 0 bridgehead atoms. The Morgan fingerprint density at radius 1 is 1.11 bits per heavy atom. The summed E-state index contributed by atoms with van der Waals surface area (Å²) in [6, 6.07) is 16.6. The first-order valence-corrected chi connectivity index (χ1v) is 12.3. The monoisotopic (exact) mass is 512 g/mol. The van der Waals surface area contributed by atoms with Gasteiger partial charge in [-0.1, -0.05) is 0 Å². The van der Waals surface area contributed by atoms with E-state index in [2.05, 4.69) is 16.4 Å². The number of methoxy groups -OCH3 is 1. The number of anilines is 2. The predicted octanol–water partition coefficient (Wildman–Crippen LogP) is 5.38. The number of nitrogens with one attached hydrogen (secondary N) is 1. The maximum Gasteiger partial charge on any atom is 0.253 e. The van der Waals surface area contributed by atoms with E-state index in [-0.39, 0.29) is 12.0 Å². The van der Waals surface area contributed by atoms with Crippen LogP contribution in [-0.4, -0.2) is 56.3 Å². The van der Waals surface area contributed by atoms with E-state index in [0.29, 0.717) is 64.0 Å². The molecule has 1 N–H and O–H groups in total. The maximum atomic E-state index is 12.4. The zero-order chi connectivity index (χ0) is 26.6. The Bertz CT molecular complexity index is 1520. The summed E-state index contributed by atoms with van der Waals surface area (Å²) in [5, 5.41) is 13.1. The highest BCUT2D eigenvalue weighted by Gasteiger charge is 2.19. The fraction of sp³-hybridized carbons (Fsp3) is 0.276. The van der Waals surface area contributed by atoms with E-state index in [0.717, 1.165) is 18.5 Å². The van der Waals surface area contributed by atoms with Crippen LogP contribution in [0, 0.1) is 11.3 Å². The first-order valence-electron chi connectivity index (χ1n) is 12.3. The summed E-state index contributed by atoms with van der Waals surface area (Å²) in [4.78, 5) is 18.3. The van der Waals surface area contributed by atoms with E-state index in [1.807, 2.05) is 24.3 Å². The van der Waals surface area contributed by atoms with Gasteiger partial charge in [0.15, 0.2) is 5.58 Å². The second-order valence-corrected chi connectivity index (χ2v) is 9.18. The number of nitrogens with zero attached hydrogens (tertiary/aromatic N) is 3. The highest BCUT2D eigenvalue weighted by molar-refractivity contribution is 5.96. The number of carbonyl (C=O) groups excluding carboxylic acids is 1. The Balaban J connectivity index is 1.43. The van der Waals surface area contributed by atoms with Crippen molar-refractivity contribution in [3.05, 3.63) is 65.9 Å². The molecule has 2 aromatic heterocycles. The molecule has 0 saturated carbocycles. The molecule has 0 aliphatic carbocycles. The summed E-state index contributed by atoms with van der Waals surface area (Å²) in [6.07, 6.45) is 3.34. The molecule has 1 saturated heterocycles. The van der Waals surface area contributed by atoms with Crippen LogP contribution in [0.5, 0.6) is 11.5 Å². The van der Waals surface area contributed by atoms with Crippen molar-refractivity contribution in [3.8, 4) is 28.9 Å². The fourth-order valence-corrected chi connectivity index (χ4v) is 4.38. The molecule has 194 valence electrons. The average Bonchev–Trinajstić information content (AvgIpc) is 3.39. The van der Waals surface area contributed by atoms with E-state index >= 15 is 0 Å². The van der Waals surface area contributed by atoms with Gasteiger partial charge in [0, 0.05) is 50.5 Å². The Kier molecular flexibility index (Phi) is 7.15. The fourth-order valence-electron chi connectivity index (χ4n) is 4.38. The molecule has 0 radical (unpaired) electrons. The minimum atomic E-state index is -0.117. The number of furan rings is 1. The molecule has 4 aromatic rings. The molecule has 1 amide bonds. The largest absolute Gasteiger partial charge is 0.496 e. The summed E-state index contributed by atoms with van der Waals surface area (Å²) in [6.45, 7) is 1.33. The van der Waals surface area contributed by atoms with Gasteiger partial charge in [0.2, 0.25) is 0 Å². The van der Waals surface area contributed by atoms with Gasteiger partial charge in [0.25, 0.3) is 5.91 Å². The molecule has 1 aliphatic rings. The third kappa shape index (κ3) is 5.12. The lowest BCUT2D eigenvalue weighted by Gasteiger charge is -2.24. The van der Waals surface area contributed by atoms with Crippen LogP contribution in [0.4, 0.5) is 11.4 Å². The van der Waals surface area contributed by atoms with E-state index in [9.17, 15) is 10.1 Å². The Labute approximate surface area is 220 Å². The average molecular weight is 513 g/mol. The predicted molar refractivity (Wildman–Crippen MR) is 143 cm³/mol. The number of amides is 1. The molecule has 9 nitrogen and oxygen atoms in total. The topological polar surface area (TPSA) is 110 Å². The molecular formula is C29H28N4O5. The smallest absolute Gasteiger partial charge is 0.253 e. The van der Waals surface area contributed by atoms with Gasteiger partial charge in [-0.15, -0.1) is 0 Å². The Hall–Kier alpha value is -4.55. The molecule has 0 atom stereocenters. The zero-order valence-corrected chi connectivity index (χ0v) is 21.5. The summed E-state index contributed by atoms with van der Waals surface area (Å²) >= 11 is 0. The number of pyridine rings is 1. The normalized spacial score (nSPS) is 13.6. The first-order chi connectivity index (χ1) is 18.5. The lowest BCUT2D eigenvalue weighted by molar-refractivity contribution is 0.0254. The highest BCUT2D eigenvalue weighted by Crippen LogP contribution is 2.37. The highest BCUT2D eigenvalue weighted by atomic mass is 16.5. The Morgan fingerprint density at radius 3 is 2.66 bits per heavy atom. The SMILES string of the molecule is COc1cc(C(=O)N(C)C)ccc1-c1cc2nccc(Nc3ccc(OC4CCOCC4)c(C#N)c3)c2o1. The molecule has 3 heterocycles. The summed E-state index contributed by atoms with van der Waals surface area (Å²) in [5.41, 5.74) is 4.29. The number of aromatic nitrogens is 1. The second-order valence-electron chi connectivity index (χ2n) is 9.18. The van der Waals surface area contributed by atoms with Gasteiger partial charge in [0.1, 0.15) is 34.9 Å². The number of nitriles is 1. The molecule has 1 aliphatic heterocycles. The van der Waals surface area contributed by atoms with Crippen molar-refractivity contribution in [1.82, 2.24) is 9.88 Å². The van der Waals surface area contributed by atoms with Crippen LogP contribution < -0.4 is 14.8 Å². The third-order valence-corrected chi connectivity index (χ3v) is 6.37. The van der Waals surface area contributed by atoms with E-state index in [1.165, 1.54) is 4.90 Å². The zero-order valence-electron chi connectivity index (χ0n) is 21.5. The minimum Gasteiger partial charge on any atom is -0.496 e. The lowest BCUT2D eigenvalue weighted by atomic mass is 10.1. The number of rotatable bonds is 7. The van der Waals surface area contributed by atoms with Crippen molar-refractivity contribution in [2.24, 2.45) is 0 Å². The van der Waals surface area contributed by atoms with Crippen LogP contribution in [0.2, 0.25) is 0 Å². The molecule has 9 heteroatoms. The molecular weight excluding hydrogens is 484 g/mol. The van der Waals surface area contributed by atoms with Crippen LogP contribution in [0.1, 0.15) is 28.8 Å². The summed E-state index contributed by atoms with van der Waals surface area (Å²) < 4.78 is 23.3. The van der Waals surface area contributed by atoms with Gasteiger partial charge in [0.05, 0.1) is 37.1 Å². The number of ether oxygens (including phenoxy) is 3. The van der Waals surface area contributed by atoms with Crippen LogP contribution in [0.3, 0.4) is 0 Å². The number of carbonyl (C=O) groups is 1. The van der Waals surface area contributed by atoms with Crippen LogP contribution in [-0.2, 0) is 4.74 Å². The van der Waals surface area contributed by atoms with Gasteiger partial charge in [-0.05, 0) is 42.5 Å². The van der Waals surface area contributed by atoms with E-state index in [1.54, 1.807) is 51.7 Å². The van der Waals surface area contributed by atoms with Crippen LogP contribution >= 0.6 is 0 Å². The molecule has 0 spiro atoms. The first kappa shape index (κ1) is 25.1. The number of hydrogen-bond acceptors (Lipinski definition) is 8. The number of benzene rings is 2. The van der Waals surface area contributed by atoms with Crippen molar-refractivity contribution in [1.29, 1.82) is 5.26 Å². The molecule has 0 unspecified atom stereocenters. The Morgan fingerprint density at radius 2 is 1.92 bits per heavy atom. The molecule has 2 aromatic carbocycles. The summed E-state index contributed by atoms with van der Waals surface area (Å²) in [5.74, 6) is 1.52. The summed E-state index contributed by atoms with van der Waals surface area (Å²) in [7, 11) is 4.96. The van der Waals surface area contributed by atoms with Crippen molar-refractivity contribution in [2.45, 2.75) is 18.9 Å². The van der Waals surface area contributed by atoms with Gasteiger partial charge >= 0.3 is 0 Å². The maximum absolute atomic E-state index is 12.4. The third-order valence-electron chi connectivity index (χ3n) is 6.37. The molecule has 1 fully saturated rings. The van der Waals surface area contributed by atoms with Crippen LogP contribution in [0.15, 0.2) is 59.1 Å². The second kappa shape index (κ2) is 10.8. The van der Waals surface area contributed by atoms with Gasteiger partial charge < -0.3 is 28.8 Å². The van der Waals surface area contributed by atoms with Gasteiger partial charge in [-0.3, -0.25) is 9.78 Å². The minimum absolute atomic E-state index is 0.0445. The molecule has 5 rings (SSSR count). The van der Waals surface area contributed by atoms with Crippen molar-refractivity contribution in [3.63, 3.8) is 0 Å². The quantitative estimate of drug-likeness (QED) is 0.352. The number of hydrogen-bond donors (Lipinski definition) is 1. The van der Waals surface area contributed by atoms with Crippen molar-refractivity contribution < 1.29 is 23.4 Å². The van der Waals surface area contributed by atoms with E-state index in [4.69, 9.17) is 18.6 Å². The standard InChI is InChI=1S/C29H28N4O5/c1-33(2)29(34)18-4-6-22(26(15-18)35-3)27-16-24-28(38-27)23(8-11-31-24)32-20-5-7-25(19(14-20)17-30)37-21-9-12-36-13-10-21/h4-8,11,14-16,21H,9-10,12-13H2,1-3H3,(H,31,32). The van der Waals surface area contributed by atoms with Gasteiger partial charge in [-0.2, -0.15) is 5.26 Å². The van der Waals surface area contributed by atoms with Gasteiger partial charge in [-0.25, -0.2) is 0 Å². The molecule has 38 heavy (non-hydrogen) atoms. The van der Waals surface area contributed by atoms with Crippen LogP contribution in [0.25, 0.3) is 22.4 Å². The van der Waals surface area contributed by atoms with Crippen molar-refractivity contribution in [2.75, 3.05) is 39.7 Å². The van der Waals surface area contributed by atoms with E-state index < -0.39 is 0 Å². The lowest BCUT2D eigenvalue weighted by Crippen LogP contribution is -2.26. The number of fused-ring (bicyclic) bond motifs is 1.